The maximum atomic E-state index is 11.9. The fraction of sp³-hybridized carbons (Fsp3) is 0.538. The number of carbonyl (C=O) groups is 1. The summed E-state index contributed by atoms with van der Waals surface area (Å²) in [7, 11) is 1.66. The van der Waals surface area contributed by atoms with E-state index in [1.807, 2.05) is 19.1 Å². The van der Waals surface area contributed by atoms with E-state index in [0.29, 0.717) is 6.54 Å². The van der Waals surface area contributed by atoms with Gasteiger partial charge in [-0.05, 0) is 19.4 Å². The van der Waals surface area contributed by atoms with Crippen molar-refractivity contribution in [1.82, 2.24) is 10.3 Å². The molecule has 1 atom stereocenters. The Labute approximate surface area is 107 Å². The number of nitrogens with one attached hydrogen (secondary N) is 1. The monoisotopic (exact) mass is 249 g/mol. The van der Waals surface area contributed by atoms with Crippen molar-refractivity contribution in [3.63, 3.8) is 0 Å². The molecular formula is C13H19N3O2. The largest absolute Gasteiger partial charge is 0.392 e. The van der Waals surface area contributed by atoms with E-state index in [1.165, 1.54) is 0 Å². The van der Waals surface area contributed by atoms with Crippen LogP contribution < -0.4 is 10.2 Å². The van der Waals surface area contributed by atoms with Crippen LogP contribution in [0, 0.1) is 5.41 Å². The fourth-order valence-electron chi connectivity index (χ4n) is 2.47. The van der Waals surface area contributed by atoms with E-state index in [1.54, 1.807) is 13.2 Å². The normalized spacial score (nSPS) is 23.2. The standard InChI is InChI=1S/C13H19N3O2/c1-13(12(18)14-2)5-7-16(9-13)11-10(8-17)4-3-6-15-11/h3-4,6,17H,5,7-9H2,1-2H3,(H,14,18). The van der Waals surface area contributed by atoms with Crippen molar-refractivity contribution in [3.05, 3.63) is 23.9 Å². The molecule has 18 heavy (non-hydrogen) atoms. The lowest BCUT2D eigenvalue weighted by Gasteiger charge is -2.24. The molecule has 2 rings (SSSR count). The summed E-state index contributed by atoms with van der Waals surface area (Å²) in [6.45, 7) is 3.36. The summed E-state index contributed by atoms with van der Waals surface area (Å²) in [5.74, 6) is 0.846. The van der Waals surface area contributed by atoms with Gasteiger partial charge in [-0.2, -0.15) is 0 Å². The molecule has 5 heteroatoms. The average molecular weight is 249 g/mol. The number of pyridine rings is 1. The highest BCUT2D eigenvalue weighted by molar-refractivity contribution is 5.83. The summed E-state index contributed by atoms with van der Waals surface area (Å²) in [6, 6.07) is 3.67. The molecule has 1 aromatic rings. The first-order valence-corrected chi connectivity index (χ1v) is 6.12. The Bertz CT molecular complexity index is 450. The van der Waals surface area contributed by atoms with Gasteiger partial charge in [-0.25, -0.2) is 4.98 Å². The molecular weight excluding hydrogens is 230 g/mol. The Morgan fingerprint density at radius 2 is 2.44 bits per heavy atom. The fourth-order valence-corrected chi connectivity index (χ4v) is 2.47. The number of aliphatic hydroxyl groups excluding tert-OH is 1. The van der Waals surface area contributed by atoms with Gasteiger partial charge in [0.05, 0.1) is 12.0 Å². The molecule has 1 aliphatic heterocycles. The van der Waals surface area contributed by atoms with Gasteiger partial charge in [0.25, 0.3) is 0 Å². The highest BCUT2D eigenvalue weighted by Gasteiger charge is 2.40. The summed E-state index contributed by atoms with van der Waals surface area (Å²) in [4.78, 5) is 18.2. The quantitative estimate of drug-likeness (QED) is 0.820. The molecule has 0 aliphatic carbocycles. The van der Waals surface area contributed by atoms with Crippen molar-refractivity contribution in [1.29, 1.82) is 0 Å². The van der Waals surface area contributed by atoms with Crippen molar-refractivity contribution in [2.45, 2.75) is 20.0 Å². The topological polar surface area (TPSA) is 65.5 Å². The summed E-state index contributed by atoms with van der Waals surface area (Å²) in [6.07, 6.45) is 2.51. The van der Waals surface area contributed by atoms with Gasteiger partial charge in [0.15, 0.2) is 0 Å². The number of rotatable bonds is 3. The van der Waals surface area contributed by atoms with Crippen LogP contribution in [0.3, 0.4) is 0 Å². The van der Waals surface area contributed by atoms with E-state index in [9.17, 15) is 9.90 Å². The molecule has 5 nitrogen and oxygen atoms in total. The number of nitrogens with zero attached hydrogens (tertiary/aromatic N) is 2. The van der Waals surface area contributed by atoms with Crippen LogP contribution in [0.2, 0.25) is 0 Å². The Kier molecular flexibility index (Phi) is 3.52. The lowest BCUT2D eigenvalue weighted by atomic mass is 9.89. The second kappa shape index (κ2) is 4.94. The van der Waals surface area contributed by atoms with Gasteiger partial charge in [0, 0.05) is 31.9 Å². The van der Waals surface area contributed by atoms with Crippen molar-refractivity contribution < 1.29 is 9.90 Å². The van der Waals surface area contributed by atoms with Gasteiger partial charge in [0.1, 0.15) is 5.82 Å². The first-order chi connectivity index (χ1) is 8.60. The highest BCUT2D eigenvalue weighted by Crippen LogP contribution is 2.33. The zero-order chi connectivity index (χ0) is 13.2. The van der Waals surface area contributed by atoms with E-state index < -0.39 is 0 Å². The molecule has 0 spiro atoms. The molecule has 0 radical (unpaired) electrons. The molecule has 0 aromatic carbocycles. The number of aromatic nitrogens is 1. The maximum absolute atomic E-state index is 11.9. The first-order valence-electron chi connectivity index (χ1n) is 6.12. The molecule has 0 saturated carbocycles. The molecule has 98 valence electrons. The summed E-state index contributed by atoms with van der Waals surface area (Å²) in [5, 5.41) is 12.0. The summed E-state index contributed by atoms with van der Waals surface area (Å²) >= 11 is 0. The van der Waals surface area contributed by atoms with Crippen LogP contribution in [0.5, 0.6) is 0 Å². The number of aliphatic hydroxyl groups is 1. The Morgan fingerprint density at radius 1 is 1.67 bits per heavy atom. The van der Waals surface area contributed by atoms with Crippen molar-refractivity contribution in [2.24, 2.45) is 5.41 Å². The van der Waals surface area contributed by atoms with E-state index in [-0.39, 0.29) is 17.9 Å². The maximum Gasteiger partial charge on any atom is 0.227 e. The van der Waals surface area contributed by atoms with Crippen molar-refractivity contribution in [3.8, 4) is 0 Å². The summed E-state index contributed by atoms with van der Waals surface area (Å²) in [5.41, 5.74) is 0.428. The third-order valence-electron chi connectivity index (χ3n) is 3.59. The third-order valence-corrected chi connectivity index (χ3v) is 3.59. The molecule has 2 heterocycles. The van der Waals surface area contributed by atoms with Crippen LogP contribution >= 0.6 is 0 Å². The smallest absolute Gasteiger partial charge is 0.227 e. The van der Waals surface area contributed by atoms with E-state index >= 15 is 0 Å². The van der Waals surface area contributed by atoms with Gasteiger partial charge in [0.2, 0.25) is 5.91 Å². The SMILES string of the molecule is CNC(=O)C1(C)CCN(c2ncccc2CO)C1. The second-order valence-electron chi connectivity index (χ2n) is 4.96. The minimum atomic E-state index is -0.376. The van der Waals surface area contributed by atoms with Gasteiger partial charge in [-0.1, -0.05) is 6.07 Å². The van der Waals surface area contributed by atoms with Gasteiger partial charge in [-0.15, -0.1) is 0 Å². The van der Waals surface area contributed by atoms with Gasteiger partial charge >= 0.3 is 0 Å². The Hall–Kier alpha value is -1.62. The summed E-state index contributed by atoms with van der Waals surface area (Å²) < 4.78 is 0. The lowest BCUT2D eigenvalue weighted by molar-refractivity contribution is -0.128. The van der Waals surface area contributed by atoms with Gasteiger partial charge < -0.3 is 15.3 Å². The predicted molar refractivity (Wildman–Crippen MR) is 69.2 cm³/mol. The van der Waals surface area contributed by atoms with Crippen LogP contribution in [-0.2, 0) is 11.4 Å². The van der Waals surface area contributed by atoms with Crippen LogP contribution in [0.4, 0.5) is 5.82 Å². The second-order valence-corrected chi connectivity index (χ2v) is 4.96. The third kappa shape index (κ3) is 2.18. The van der Waals surface area contributed by atoms with Crippen LogP contribution in [0.25, 0.3) is 0 Å². The zero-order valence-electron chi connectivity index (χ0n) is 10.8. The van der Waals surface area contributed by atoms with Crippen LogP contribution in [0.1, 0.15) is 18.9 Å². The lowest BCUT2D eigenvalue weighted by Crippen LogP contribution is -2.39. The number of hydrogen-bond donors (Lipinski definition) is 2. The number of anilines is 1. The van der Waals surface area contributed by atoms with Crippen LogP contribution in [-0.4, -0.2) is 36.1 Å². The Morgan fingerprint density at radius 3 is 3.11 bits per heavy atom. The van der Waals surface area contributed by atoms with Crippen LogP contribution in [0.15, 0.2) is 18.3 Å². The van der Waals surface area contributed by atoms with E-state index in [4.69, 9.17) is 0 Å². The minimum absolute atomic E-state index is 0.0314. The van der Waals surface area contributed by atoms with E-state index in [2.05, 4.69) is 15.2 Å². The number of hydrogen-bond acceptors (Lipinski definition) is 4. The number of amides is 1. The van der Waals surface area contributed by atoms with Crippen molar-refractivity contribution in [2.75, 3.05) is 25.0 Å². The molecule has 1 unspecified atom stereocenters. The molecule has 1 fully saturated rings. The molecule has 0 bridgehead atoms. The van der Waals surface area contributed by atoms with E-state index in [0.717, 1.165) is 24.3 Å². The molecule has 2 N–H and O–H groups in total. The van der Waals surface area contributed by atoms with Crippen molar-refractivity contribution >= 4 is 11.7 Å². The number of carbonyl (C=O) groups excluding carboxylic acids is 1. The highest BCUT2D eigenvalue weighted by atomic mass is 16.3. The minimum Gasteiger partial charge on any atom is -0.392 e. The average Bonchev–Trinajstić information content (AvgIpc) is 2.81. The predicted octanol–water partition coefficient (Wildman–Crippen LogP) is 0.536. The molecule has 1 amide bonds. The van der Waals surface area contributed by atoms with Gasteiger partial charge in [-0.3, -0.25) is 4.79 Å². The first kappa shape index (κ1) is 12.8. The Balaban J connectivity index is 2.20. The molecule has 1 aromatic heterocycles. The zero-order valence-corrected chi connectivity index (χ0v) is 10.8. The molecule has 1 saturated heterocycles. The molecule has 1 aliphatic rings.